The summed E-state index contributed by atoms with van der Waals surface area (Å²) < 4.78 is 11.5. The fourth-order valence-corrected chi connectivity index (χ4v) is 5.85. The van der Waals surface area contributed by atoms with Gasteiger partial charge in [0.05, 0.1) is 24.3 Å². The normalized spacial score (nSPS) is 27.9. The number of amides is 2. The number of anilines is 1. The van der Waals surface area contributed by atoms with Crippen LogP contribution in [0.1, 0.15) is 77.2 Å². The molecule has 10 nitrogen and oxygen atoms in total. The molecule has 1 aliphatic heterocycles. The molecule has 0 saturated heterocycles. The molecule has 1 heterocycles. The molecule has 0 aromatic heterocycles. The maximum atomic E-state index is 13.5. The number of esters is 1. The number of aromatic hydroxyl groups is 2. The number of phenols is 2. The van der Waals surface area contributed by atoms with Crippen molar-refractivity contribution in [2.24, 2.45) is 5.92 Å². The van der Waals surface area contributed by atoms with Crippen molar-refractivity contribution >= 4 is 23.5 Å². The van der Waals surface area contributed by atoms with Crippen molar-refractivity contribution in [2.75, 3.05) is 12.4 Å². The van der Waals surface area contributed by atoms with Gasteiger partial charge in [-0.15, -0.1) is 0 Å². The topological polar surface area (TPSA) is 154 Å². The fraction of sp³-hybridized carbons (Fsp3) is 0.486. The molecule has 254 valence electrons. The Balaban J connectivity index is 1.55. The van der Waals surface area contributed by atoms with Crippen LogP contribution in [0.4, 0.5) is 5.69 Å². The molecule has 3 aliphatic rings. The van der Waals surface area contributed by atoms with E-state index in [0.717, 1.165) is 24.8 Å². The van der Waals surface area contributed by atoms with E-state index in [0.29, 0.717) is 49.7 Å². The van der Waals surface area contributed by atoms with Crippen LogP contribution < -0.4 is 10.6 Å². The zero-order chi connectivity index (χ0) is 34.0. The molecule has 1 aromatic carbocycles. The maximum absolute atomic E-state index is 13.5. The monoisotopic (exact) mass is 648 g/mol. The summed E-state index contributed by atoms with van der Waals surface area (Å²) in [5.41, 5.74) is 0.868. The van der Waals surface area contributed by atoms with Crippen LogP contribution in [0, 0.1) is 5.92 Å². The van der Waals surface area contributed by atoms with Gasteiger partial charge in [0.15, 0.2) is 0 Å². The first-order chi connectivity index (χ1) is 22.5. The van der Waals surface area contributed by atoms with E-state index in [2.05, 4.69) is 10.6 Å². The summed E-state index contributed by atoms with van der Waals surface area (Å²) >= 11 is 0. The van der Waals surface area contributed by atoms with Gasteiger partial charge >= 0.3 is 5.97 Å². The third-order valence-electron chi connectivity index (χ3n) is 9.07. The number of phenolic OH excluding ortho intramolecular Hbond substituents is 2. The number of carbonyl (C=O) groups excluding carboxylic acids is 3. The zero-order valence-corrected chi connectivity index (χ0v) is 27.5. The fourth-order valence-electron chi connectivity index (χ4n) is 5.85. The second kappa shape index (κ2) is 16.6. The number of carbonyl (C=O) groups is 3. The van der Waals surface area contributed by atoms with Crippen LogP contribution in [0.25, 0.3) is 0 Å². The highest BCUT2D eigenvalue weighted by molar-refractivity contribution is 5.99. The van der Waals surface area contributed by atoms with Gasteiger partial charge in [-0.05, 0) is 75.5 Å². The number of rotatable bonds is 5. The number of aliphatic hydroxyl groups is 1. The molecule has 1 aromatic rings. The first kappa shape index (κ1) is 35.7. The van der Waals surface area contributed by atoms with Crippen molar-refractivity contribution in [3.63, 3.8) is 0 Å². The van der Waals surface area contributed by atoms with Gasteiger partial charge in [-0.1, -0.05) is 55.5 Å². The Kier molecular flexibility index (Phi) is 12.6. The minimum atomic E-state index is -1.04. The van der Waals surface area contributed by atoms with Gasteiger partial charge in [-0.3, -0.25) is 9.59 Å². The van der Waals surface area contributed by atoms with Crippen LogP contribution in [0.2, 0.25) is 0 Å². The molecule has 1 fully saturated rings. The van der Waals surface area contributed by atoms with Crippen molar-refractivity contribution in [3.8, 4) is 11.5 Å². The standard InChI is InChI=1S/C37H48N2O8/c1-24-13-12-16-27-21-28(40)22-30(34(27)43)38-32(41)23-29(46-3)17-10-5-4-6-11-18-31(25(2)33(24)42)47-36(45)37(19-20-37)39-35(44)26-14-8-7-9-15-26/h4-6,10-11,13-14,17,21-22,25,29,31,33,40,42-43H,7-9,12,15-16,18-20,23H2,1-3H3,(H,38,41)(H,39,44)/b5-4+,11-6+,17-10?,24-13-. The van der Waals surface area contributed by atoms with Crippen LogP contribution >= 0.6 is 0 Å². The number of ether oxygens (including phenoxy) is 2. The number of benzene rings is 1. The van der Waals surface area contributed by atoms with E-state index in [1.54, 1.807) is 31.2 Å². The molecule has 10 heteroatoms. The van der Waals surface area contributed by atoms with E-state index in [1.165, 1.54) is 19.2 Å². The third-order valence-corrected chi connectivity index (χ3v) is 9.07. The number of methoxy groups -OCH3 is 1. The number of aryl methyl sites for hydroxylation is 1. The molecule has 0 radical (unpaired) electrons. The van der Waals surface area contributed by atoms with Gasteiger partial charge in [0.25, 0.3) is 0 Å². The Hall–Kier alpha value is -4.15. The lowest BCUT2D eigenvalue weighted by atomic mass is 9.90. The number of allylic oxidation sites excluding steroid dienone is 6. The van der Waals surface area contributed by atoms with E-state index < -0.39 is 41.6 Å². The summed E-state index contributed by atoms with van der Waals surface area (Å²) in [4.78, 5) is 39.1. The van der Waals surface area contributed by atoms with Gasteiger partial charge in [0, 0.05) is 31.1 Å². The van der Waals surface area contributed by atoms with E-state index in [1.807, 2.05) is 31.2 Å². The highest BCUT2D eigenvalue weighted by Gasteiger charge is 2.54. The summed E-state index contributed by atoms with van der Waals surface area (Å²) in [7, 11) is 1.49. The SMILES string of the molecule is COC1C=C/C=C/C=C/CC(OC(=O)C2(NC(=O)C3=CCCCC3)CC2)C(C)C(O)/C(C)=C\CCc2cc(O)cc(c2O)NC(=O)C1. The van der Waals surface area contributed by atoms with Crippen LogP contribution in [-0.4, -0.2) is 64.1 Å². The summed E-state index contributed by atoms with van der Waals surface area (Å²) in [6, 6.07) is 2.73. The number of hydrogen-bond acceptors (Lipinski definition) is 8. The quantitative estimate of drug-likeness (QED) is 0.122. The average Bonchev–Trinajstić information content (AvgIpc) is 3.84. The molecular formula is C37H48N2O8. The largest absolute Gasteiger partial charge is 0.508 e. The van der Waals surface area contributed by atoms with Crippen molar-refractivity contribution in [1.82, 2.24) is 5.32 Å². The average molecular weight is 649 g/mol. The van der Waals surface area contributed by atoms with Gasteiger partial charge in [0.2, 0.25) is 11.8 Å². The molecule has 2 amide bonds. The molecule has 2 bridgehead atoms. The van der Waals surface area contributed by atoms with Gasteiger partial charge in [0.1, 0.15) is 23.1 Å². The summed E-state index contributed by atoms with van der Waals surface area (Å²) in [5, 5.41) is 38.1. The first-order valence-electron chi connectivity index (χ1n) is 16.5. The minimum absolute atomic E-state index is 0.00852. The summed E-state index contributed by atoms with van der Waals surface area (Å²) in [5.74, 6) is -1.83. The molecule has 4 atom stereocenters. The lowest BCUT2D eigenvalue weighted by Gasteiger charge is -2.30. The Morgan fingerprint density at radius 3 is 2.49 bits per heavy atom. The van der Waals surface area contributed by atoms with E-state index >= 15 is 0 Å². The highest BCUT2D eigenvalue weighted by atomic mass is 16.5. The lowest BCUT2D eigenvalue weighted by molar-refractivity contribution is -0.158. The van der Waals surface area contributed by atoms with Crippen molar-refractivity contribution in [2.45, 2.75) is 102 Å². The molecule has 4 rings (SSSR count). The predicted octanol–water partition coefficient (Wildman–Crippen LogP) is 5.45. The molecule has 47 heavy (non-hydrogen) atoms. The number of nitrogens with one attached hydrogen (secondary N) is 2. The second-order valence-electron chi connectivity index (χ2n) is 12.7. The predicted molar refractivity (Wildman–Crippen MR) is 180 cm³/mol. The van der Waals surface area contributed by atoms with E-state index in [9.17, 15) is 29.7 Å². The molecular weight excluding hydrogens is 600 g/mol. The van der Waals surface area contributed by atoms with Crippen LogP contribution in [0.3, 0.4) is 0 Å². The number of hydrogen-bond donors (Lipinski definition) is 5. The Labute approximate surface area is 276 Å². The first-order valence-corrected chi connectivity index (χ1v) is 16.5. The molecule has 2 aliphatic carbocycles. The van der Waals surface area contributed by atoms with Crippen molar-refractivity contribution < 1.29 is 39.2 Å². The van der Waals surface area contributed by atoms with Crippen LogP contribution in [-0.2, 0) is 30.3 Å². The number of fused-ring (bicyclic) bond motifs is 2. The molecule has 4 unspecified atom stereocenters. The molecule has 1 saturated carbocycles. The zero-order valence-electron chi connectivity index (χ0n) is 27.5. The summed E-state index contributed by atoms with van der Waals surface area (Å²) in [6.45, 7) is 3.62. The van der Waals surface area contributed by atoms with Crippen molar-refractivity contribution in [3.05, 3.63) is 77.5 Å². The Bertz CT molecular complexity index is 1450. The third kappa shape index (κ3) is 9.92. The van der Waals surface area contributed by atoms with Gasteiger partial charge < -0.3 is 35.4 Å². The van der Waals surface area contributed by atoms with Crippen LogP contribution in [0.5, 0.6) is 11.5 Å². The lowest BCUT2D eigenvalue weighted by Crippen LogP contribution is -2.47. The number of aliphatic hydroxyl groups excluding tert-OH is 1. The Morgan fingerprint density at radius 1 is 1.02 bits per heavy atom. The van der Waals surface area contributed by atoms with Gasteiger partial charge in [-0.2, -0.15) is 0 Å². The minimum Gasteiger partial charge on any atom is -0.508 e. The Morgan fingerprint density at radius 2 is 1.79 bits per heavy atom. The molecule has 5 N–H and O–H groups in total. The van der Waals surface area contributed by atoms with E-state index in [-0.39, 0.29) is 29.5 Å². The highest BCUT2D eigenvalue weighted by Crippen LogP contribution is 2.39. The van der Waals surface area contributed by atoms with Crippen molar-refractivity contribution in [1.29, 1.82) is 0 Å². The smallest absolute Gasteiger partial charge is 0.332 e. The van der Waals surface area contributed by atoms with Gasteiger partial charge in [-0.25, -0.2) is 4.79 Å². The van der Waals surface area contributed by atoms with Crippen LogP contribution in [0.15, 0.2) is 71.9 Å². The molecule has 0 spiro atoms. The van der Waals surface area contributed by atoms with E-state index in [4.69, 9.17) is 9.47 Å². The maximum Gasteiger partial charge on any atom is 0.332 e. The second-order valence-corrected chi connectivity index (χ2v) is 12.7. The summed E-state index contributed by atoms with van der Waals surface area (Å²) in [6.07, 6.45) is 18.0.